The highest BCUT2D eigenvalue weighted by Crippen LogP contribution is 2.36. The van der Waals surface area contributed by atoms with E-state index >= 15 is 0 Å². The Balaban J connectivity index is 1.75. The van der Waals surface area contributed by atoms with E-state index in [4.69, 9.17) is 17.2 Å². The van der Waals surface area contributed by atoms with Crippen LogP contribution in [0.5, 0.6) is 0 Å². The largest absolute Gasteiger partial charge is 0.356 e. The smallest absolute Gasteiger partial charge is 0.266 e. The van der Waals surface area contributed by atoms with E-state index in [0.29, 0.717) is 15.8 Å². The van der Waals surface area contributed by atoms with Gasteiger partial charge in [0.25, 0.3) is 5.91 Å². The molecule has 158 valence electrons. The van der Waals surface area contributed by atoms with Crippen molar-refractivity contribution in [2.24, 2.45) is 5.92 Å². The highest BCUT2D eigenvalue weighted by molar-refractivity contribution is 8.26. The number of unbranched alkanes of at least 4 members (excludes halogenated alkanes) is 1. The fourth-order valence-corrected chi connectivity index (χ4v) is 5.38. The molecule has 4 rings (SSSR count). The lowest BCUT2D eigenvalue weighted by Crippen LogP contribution is -2.34. The van der Waals surface area contributed by atoms with Crippen LogP contribution in [0.25, 0.3) is 17.0 Å². The van der Waals surface area contributed by atoms with Crippen LogP contribution in [-0.2, 0) is 4.79 Å². The molecule has 2 saturated heterocycles. The van der Waals surface area contributed by atoms with Crippen LogP contribution in [-0.4, -0.2) is 39.7 Å². The van der Waals surface area contributed by atoms with E-state index in [2.05, 4.69) is 49.9 Å². The average molecular weight is 440 g/mol. The van der Waals surface area contributed by atoms with Gasteiger partial charge in [0.1, 0.15) is 10.1 Å². The maximum Gasteiger partial charge on any atom is 0.266 e. The van der Waals surface area contributed by atoms with Crippen molar-refractivity contribution in [2.45, 2.75) is 46.5 Å². The van der Waals surface area contributed by atoms with Crippen molar-refractivity contribution in [3.05, 3.63) is 40.3 Å². The van der Waals surface area contributed by atoms with Crippen LogP contribution in [0.3, 0.4) is 0 Å². The SMILES string of the molecule is CCCCN1C(=O)/C(=C/c2cc3cccc(C)c3nc2N2CCC(C)CC2)SC1=S. The number of hydrogen-bond acceptors (Lipinski definition) is 5. The number of amides is 1. The number of aryl methyl sites for hydroxylation is 1. The molecule has 30 heavy (non-hydrogen) atoms. The molecule has 4 nitrogen and oxygen atoms in total. The van der Waals surface area contributed by atoms with Gasteiger partial charge in [0.05, 0.1) is 10.4 Å². The number of rotatable bonds is 5. The molecule has 0 radical (unpaired) electrons. The topological polar surface area (TPSA) is 36.4 Å². The minimum atomic E-state index is 0.0287. The summed E-state index contributed by atoms with van der Waals surface area (Å²) in [6.07, 6.45) is 6.36. The van der Waals surface area contributed by atoms with Gasteiger partial charge in [-0.25, -0.2) is 4.98 Å². The Bertz CT molecular complexity index is 1010. The number of aromatic nitrogens is 1. The first-order chi connectivity index (χ1) is 14.5. The van der Waals surface area contributed by atoms with E-state index < -0.39 is 0 Å². The third kappa shape index (κ3) is 4.26. The van der Waals surface area contributed by atoms with E-state index in [1.807, 2.05) is 6.08 Å². The number of hydrogen-bond donors (Lipinski definition) is 0. The number of pyridine rings is 1. The van der Waals surface area contributed by atoms with Crippen molar-refractivity contribution in [1.29, 1.82) is 0 Å². The quantitative estimate of drug-likeness (QED) is 0.436. The Morgan fingerprint density at radius 2 is 2.07 bits per heavy atom. The molecule has 2 aliphatic heterocycles. The highest BCUT2D eigenvalue weighted by Gasteiger charge is 2.32. The van der Waals surface area contributed by atoms with Gasteiger partial charge in [0.15, 0.2) is 0 Å². The fourth-order valence-electron chi connectivity index (χ4n) is 4.08. The number of benzene rings is 1. The number of nitrogens with zero attached hydrogens (tertiary/aromatic N) is 3. The molecule has 0 N–H and O–H groups in total. The second-order valence-electron chi connectivity index (χ2n) is 8.40. The molecule has 0 saturated carbocycles. The monoisotopic (exact) mass is 439 g/mol. The van der Waals surface area contributed by atoms with E-state index in [1.165, 1.54) is 30.2 Å². The molecule has 2 fully saturated rings. The molecule has 0 unspecified atom stereocenters. The van der Waals surface area contributed by atoms with Crippen LogP contribution in [0.1, 0.15) is 50.7 Å². The van der Waals surface area contributed by atoms with Gasteiger partial charge in [-0.05, 0) is 49.8 Å². The summed E-state index contributed by atoms with van der Waals surface area (Å²) in [7, 11) is 0. The van der Waals surface area contributed by atoms with Gasteiger partial charge in [-0.15, -0.1) is 0 Å². The highest BCUT2D eigenvalue weighted by atomic mass is 32.2. The molecule has 0 atom stereocenters. The summed E-state index contributed by atoms with van der Waals surface area (Å²) in [5.41, 5.74) is 3.23. The van der Waals surface area contributed by atoms with Crippen molar-refractivity contribution in [2.75, 3.05) is 24.5 Å². The summed E-state index contributed by atoms with van der Waals surface area (Å²) in [6, 6.07) is 8.45. The summed E-state index contributed by atoms with van der Waals surface area (Å²) in [5, 5.41) is 1.11. The van der Waals surface area contributed by atoms with Crippen molar-refractivity contribution in [3.63, 3.8) is 0 Å². The Morgan fingerprint density at radius 1 is 1.30 bits per heavy atom. The molecule has 6 heteroatoms. The summed E-state index contributed by atoms with van der Waals surface area (Å²) in [4.78, 5) is 22.9. The summed E-state index contributed by atoms with van der Waals surface area (Å²) in [6.45, 7) is 9.26. The van der Waals surface area contributed by atoms with Crippen LogP contribution >= 0.6 is 24.0 Å². The number of thiocarbonyl (C=S) groups is 1. The minimum Gasteiger partial charge on any atom is -0.356 e. The van der Waals surface area contributed by atoms with Crippen molar-refractivity contribution >= 4 is 57.0 Å². The van der Waals surface area contributed by atoms with Gasteiger partial charge in [-0.1, -0.05) is 62.4 Å². The number of carbonyl (C=O) groups is 1. The van der Waals surface area contributed by atoms with Crippen molar-refractivity contribution in [1.82, 2.24) is 9.88 Å². The maximum absolute atomic E-state index is 13.0. The van der Waals surface area contributed by atoms with Crippen LogP contribution in [0.15, 0.2) is 29.2 Å². The Morgan fingerprint density at radius 3 is 2.80 bits per heavy atom. The first-order valence-electron chi connectivity index (χ1n) is 10.9. The van der Waals surface area contributed by atoms with Gasteiger partial charge in [-0.3, -0.25) is 9.69 Å². The first-order valence-corrected chi connectivity index (χ1v) is 12.1. The summed E-state index contributed by atoms with van der Waals surface area (Å²) in [5.74, 6) is 1.77. The molecule has 0 spiro atoms. The molecule has 3 heterocycles. The standard InChI is InChI=1S/C24H29N3OS2/c1-4-5-11-27-23(28)20(30-24(27)29)15-19-14-18-8-6-7-17(3)21(18)25-22(19)26-12-9-16(2)10-13-26/h6-8,14-16H,4-5,9-13H2,1-3H3/b20-15-. The van der Waals surface area contributed by atoms with Gasteiger partial charge < -0.3 is 4.90 Å². The minimum absolute atomic E-state index is 0.0287. The number of anilines is 1. The number of para-hydroxylation sites is 1. The lowest BCUT2D eigenvalue weighted by Gasteiger charge is -2.32. The van der Waals surface area contributed by atoms with Crippen LogP contribution < -0.4 is 4.90 Å². The predicted molar refractivity (Wildman–Crippen MR) is 132 cm³/mol. The van der Waals surface area contributed by atoms with Gasteiger partial charge in [-0.2, -0.15) is 0 Å². The molecule has 0 bridgehead atoms. The second kappa shape index (κ2) is 9.06. The molecule has 2 aromatic rings. The number of carbonyl (C=O) groups excluding carboxylic acids is 1. The van der Waals surface area contributed by atoms with Crippen LogP contribution in [0.4, 0.5) is 5.82 Å². The molecule has 1 aromatic heterocycles. The van der Waals surface area contributed by atoms with E-state index in [1.54, 1.807) is 4.90 Å². The Hall–Kier alpha value is -1.92. The third-order valence-electron chi connectivity index (χ3n) is 6.03. The third-order valence-corrected chi connectivity index (χ3v) is 7.41. The van der Waals surface area contributed by atoms with Crippen molar-refractivity contribution in [3.8, 4) is 0 Å². The van der Waals surface area contributed by atoms with E-state index in [9.17, 15) is 4.79 Å². The maximum atomic E-state index is 13.0. The van der Waals surface area contributed by atoms with E-state index in [0.717, 1.165) is 54.1 Å². The zero-order valence-electron chi connectivity index (χ0n) is 18.0. The van der Waals surface area contributed by atoms with Gasteiger partial charge in [0, 0.05) is 30.6 Å². The summed E-state index contributed by atoms with van der Waals surface area (Å²) < 4.78 is 0.664. The Labute approximate surface area is 188 Å². The lowest BCUT2D eigenvalue weighted by molar-refractivity contribution is -0.122. The number of thioether (sulfide) groups is 1. The summed E-state index contributed by atoms with van der Waals surface area (Å²) >= 11 is 6.90. The average Bonchev–Trinajstić information content (AvgIpc) is 2.99. The zero-order chi connectivity index (χ0) is 21.3. The fraction of sp³-hybridized carbons (Fsp3) is 0.458. The Kier molecular flexibility index (Phi) is 6.44. The molecule has 1 amide bonds. The number of piperidine rings is 1. The van der Waals surface area contributed by atoms with Crippen LogP contribution in [0, 0.1) is 12.8 Å². The number of fused-ring (bicyclic) bond motifs is 1. The second-order valence-corrected chi connectivity index (χ2v) is 10.1. The molecule has 1 aromatic carbocycles. The first kappa shape index (κ1) is 21.3. The van der Waals surface area contributed by atoms with Crippen molar-refractivity contribution < 1.29 is 4.79 Å². The predicted octanol–water partition coefficient (Wildman–Crippen LogP) is 5.78. The normalized spacial score (nSPS) is 19.5. The van der Waals surface area contributed by atoms with Crippen LogP contribution in [0.2, 0.25) is 0 Å². The molecule has 0 aliphatic carbocycles. The molecule has 2 aliphatic rings. The molecular weight excluding hydrogens is 410 g/mol. The lowest BCUT2D eigenvalue weighted by atomic mass is 9.98. The molecular formula is C24H29N3OS2. The van der Waals surface area contributed by atoms with Gasteiger partial charge >= 0.3 is 0 Å². The van der Waals surface area contributed by atoms with Gasteiger partial charge in [0.2, 0.25) is 0 Å². The van der Waals surface area contributed by atoms with E-state index in [-0.39, 0.29) is 5.91 Å². The zero-order valence-corrected chi connectivity index (χ0v) is 19.6.